The van der Waals surface area contributed by atoms with Gasteiger partial charge < -0.3 is 15.5 Å². The number of rotatable bonds is 49. The second kappa shape index (κ2) is 55.4. The fourth-order valence-corrected chi connectivity index (χ4v) is 7.84. The van der Waals surface area contributed by atoms with Crippen LogP contribution in [0.1, 0.15) is 251 Å². The second-order valence-electron chi connectivity index (χ2n) is 18.3. The molecule has 372 valence electrons. The van der Waals surface area contributed by atoms with Crippen molar-refractivity contribution in [1.29, 1.82) is 0 Å². The van der Waals surface area contributed by atoms with Gasteiger partial charge in [0, 0.05) is 6.42 Å². The van der Waals surface area contributed by atoms with E-state index < -0.39 is 12.1 Å². The lowest BCUT2D eigenvalue weighted by Crippen LogP contribution is -2.45. The topological polar surface area (TPSA) is 69.6 Å². The lowest BCUT2D eigenvalue weighted by molar-refractivity contribution is -0.123. The molecule has 4 heteroatoms. The maximum Gasteiger partial charge on any atom is 0.220 e. The van der Waals surface area contributed by atoms with Gasteiger partial charge in [0.2, 0.25) is 5.91 Å². The third kappa shape index (κ3) is 51.9. The standard InChI is InChI=1S/C61H105NO3/c1-3-5-7-9-11-13-15-17-18-19-20-21-22-23-24-25-26-27-28-29-30-31-32-33-34-35-36-37-38-39-40-41-42-43-44-45-47-49-51-53-55-57-61(65)62-59(58-63)60(64)56-54-52-50-48-46-16-14-12-10-8-6-4-2/h5,7,11,13,17-18,20-21,23-24,26-27,29-30,32-33,54,56,59-60,63-64H,3-4,6,8-10,12,14-16,19,22,25,28,31,34-53,55,57-58H2,1-2H3,(H,62,65)/b7-5-,13-11-,18-17-,21-20-,24-23-,27-26-,30-29-,33-32-,56-54+. The highest BCUT2D eigenvalue weighted by Crippen LogP contribution is 2.15. The number of hydrogen-bond donors (Lipinski definition) is 3. The van der Waals surface area contributed by atoms with Crippen LogP contribution in [0.4, 0.5) is 0 Å². The maximum atomic E-state index is 12.4. The highest BCUT2D eigenvalue weighted by molar-refractivity contribution is 5.76. The molecular weight excluding hydrogens is 795 g/mol. The first-order chi connectivity index (χ1) is 32.2. The second-order valence-corrected chi connectivity index (χ2v) is 18.3. The number of nitrogens with one attached hydrogen (secondary N) is 1. The Morgan fingerprint density at radius 3 is 1.02 bits per heavy atom. The molecule has 0 aliphatic carbocycles. The minimum atomic E-state index is -0.842. The molecule has 2 atom stereocenters. The van der Waals surface area contributed by atoms with Crippen LogP contribution in [-0.2, 0) is 4.79 Å². The van der Waals surface area contributed by atoms with E-state index in [9.17, 15) is 15.0 Å². The van der Waals surface area contributed by atoms with Crippen LogP contribution in [0.25, 0.3) is 0 Å². The molecule has 0 aromatic rings. The minimum Gasteiger partial charge on any atom is -0.394 e. The van der Waals surface area contributed by atoms with Crippen LogP contribution in [0.2, 0.25) is 0 Å². The van der Waals surface area contributed by atoms with Crippen LogP contribution in [0.3, 0.4) is 0 Å². The monoisotopic (exact) mass is 900 g/mol. The summed E-state index contributed by atoms with van der Waals surface area (Å²) in [6.45, 7) is 4.18. The molecule has 4 nitrogen and oxygen atoms in total. The van der Waals surface area contributed by atoms with Crippen LogP contribution >= 0.6 is 0 Å². The zero-order valence-corrected chi connectivity index (χ0v) is 42.7. The number of carbonyl (C=O) groups excluding carboxylic acids is 1. The number of unbranched alkanes of at least 4 members (excludes halogenated alkanes) is 26. The van der Waals surface area contributed by atoms with Crippen molar-refractivity contribution in [2.24, 2.45) is 0 Å². The van der Waals surface area contributed by atoms with Crippen molar-refractivity contribution in [1.82, 2.24) is 5.32 Å². The number of aliphatic hydroxyl groups excluding tert-OH is 2. The van der Waals surface area contributed by atoms with Gasteiger partial charge in [-0.3, -0.25) is 4.79 Å². The Labute approximate surface area is 404 Å². The molecule has 1 amide bonds. The average Bonchev–Trinajstić information content (AvgIpc) is 3.31. The summed E-state index contributed by atoms with van der Waals surface area (Å²) in [6, 6.07) is -0.625. The highest BCUT2D eigenvalue weighted by Gasteiger charge is 2.18. The minimum absolute atomic E-state index is 0.0672. The summed E-state index contributed by atoms with van der Waals surface area (Å²) in [5.41, 5.74) is 0. The fraction of sp³-hybridized carbons (Fsp3) is 0.689. The Morgan fingerprint density at radius 2 is 0.677 bits per heavy atom. The number of aliphatic hydroxyl groups is 2. The quantitative estimate of drug-likeness (QED) is 0.0421. The Hall–Kier alpha value is -2.95. The predicted molar refractivity (Wildman–Crippen MR) is 289 cm³/mol. The van der Waals surface area contributed by atoms with E-state index in [1.807, 2.05) is 6.08 Å². The molecule has 0 heterocycles. The first kappa shape index (κ1) is 62.1. The third-order valence-electron chi connectivity index (χ3n) is 12.0. The molecule has 0 spiro atoms. The molecule has 0 rings (SSSR count). The van der Waals surface area contributed by atoms with Gasteiger partial charge in [-0.15, -0.1) is 0 Å². The summed E-state index contributed by atoms with van der Waals surface area (Å²) in [5.74, 6) is -0.0672. The summed E-state index contributed by atoms with van der Waals surface area (Å²) in [6.07, 6.45) is 83.9. The molecule has 0 saturated heterocycles. The summed E-state index contributed by atoms with van der Waals surface area (Å²) < 4.78 is 0. The van der Waals surface area contributed by atoms with Crippen molar-refractivity contribution in [3.05, 3.63) is 109 Å². The van der Waals surface area contributed by atoms with E-state index in [0.29, 0.717) is 6.42 Å². The first-order valence-electron chi connectivity index (χ1n) is 27.6. The number of allylic oxidation sites excluding steroid dienone is 17. The van der Waals surface area contributed by atoms with Gasteiger partial charge in [-0.2, -0.15) is 0 Å². The Bertz CT molecular complexity index is 1250. The maximum absolute atomic E-state index is 12.4. The molecule has 0 aliphatic heterocycles. The Morgan fingerprint density at radius 1 is 0.385 bits per heavy atom. The van der Waals surface area contributed by atoms with Gasteiger partial charge in [0.05, 0.1) is 18.8 Å². The van der Waals surface area contributed by atoms with Crippen LogP contribution in [0, 0.1) is 0 Å². The number of amides is 1. The lowest BCUT2D eigenvalue weighted by Gasteiger charge is -2.20. The van der Waals surface area contributed by atoms with E-state index in [4.69, 9.17) is 0 Å². The summed E-state index contributed by atoms with van der Waals surface area (Å²) in [7, 11) is 0. The van der Waals surface area contributed by atoms with Crippen molar-refractivity contribution in [3.8, 4) is 0 Å². The normalized spacial score (nSPS) is 13.7. The fourth-order valence-electron chi connectivity index (χ4n) is 7.84. The van der Waals surface area contributed by atoms with Gasteiger partial charge in [-0.25, -0.2) is 0 Å². The van der Waals surface area contributed by atoms with Crippen molar-refractivity contribution in [2.75, 3.05) is 6.61 Å². The molecule has 3 N–H and O–H groups in total. The van der Waals surface area contributed by atoms with Gasteiger partial charge >= 0.3 is 0 Å². The molecule has 0 fully saturated rings. The SMILES string of the molecule is CC/C=C\C/C=C\C/C=C\C/C=C\C/C=C\C/C=C\C/C=C\C/C=C\CCCCCCCCCCCCCCCCCCC(=O)NC(CO)C(O)/C=C/CCCCCCCCCCCC. The van der Waals surface area contributed by atoms with E-state index >= 15 is 0 Å². The molecule has 0 bridgehead atoms. The van der Waals surface area contributed by atoms with Crippen molar-refractivity contribution in [2.45, 2.75) is 264 Å². The zero-order valence-electron chi connectivity index (χ0n) is 42.7. The van der Waals surface area contributed by atoms with Gasteiger partial charge in [0.25, 0.3) is 0 Å². The summed E-state index contributed by atoms with van der Waals surface area (Å²) in [5, 5.41) is 23.0. The highest BCUT2D eigenvalue weighted by atomic mass is 16.3. The Kier molecular flexibility index (Phi) is 52.9. The van der Waals surface area contributed by atoms with Crippen molar-refractivity contribution >= 4 is 5.91 Å². The van der Waals surface area contributed by atoms with E-state index in [1.165, 1.54) is 154 Å². The largest absolute Gasteiger partial charge is 0.394 e. The smallest absolute Gasteiger partial charge is 0.220 e. The summed E-state index contributed by atoms with van der Waals surface area (Å²) >= 11 is 0. The average molecular weight is 901 g/mol. The van der Waals surface area contributed by atoms with E-state index in [2.05, 4.69) is 116 Å². The molecule has 65 heavy (non-hydrogen) atoms. The van der Waals surface area contributed by atoms with E-state index in [-0.39, 0.29) is 12.5 Å². The molecule has 2 unspecified atom stereocenters. The molecule has 0 radical (unpaired) electrons. The molecule has 0 aliphatic rings. The lowest BCUT2D eigenvalue weighted by atomic mass is 10.0. The summed E-state index contributed by atoms with van der Waals surface area (Å²) in [4.78, 5) is 12.4. The van der Waals surface area contributed by atoms with Gasteiger partial charge in [0.1, 0.15) is 0 Å². The van der Waals surface area contributed by atoms with Gasteiger partial charge in [-0.05, 0) is 83.5 Å². The number of carbonyl (C=O) groups is 1. The molecule has 0 saturated carbocycles. The number of hydrogen-bond acceptors (Lipinski definition) is 3. The molecular formula is C61H105NO3. The van der Waals surface area contributed by atoms with Crippen LogP contribution in [0.5, 0.6) is 0 Å². The van der Waals surface area contributed by atoms with Crippen molar-refractivity contribution < 1.29 is 15.0 Å². The molecule has 0 aromatic heterocycles. The van der Waals surface area contributed by atoms with Crippen LogP contribution in [-0.4, -0.2) is 34.9 Å². The zero-order chi connectivity index (χ0) is 47.0. The van der Waals surface area contributed by atoms with E-state index in [1.54, 1.807) is 6.08 Å². The molecule has 0 aromatic carbocycles. The van der Waals surface area contributed by atoms with Crippen LogP contribution in [0.15, 0.2) is 109 Å². The Balaban J connectivity index is 3.51. The van der Waals surface area contributed by atoms with Crippen LogP contribution < -0.4 is 5.32 Å². The van der Waals surface area contributed by atoms with Gasteiger partial charge in [-0.1, -0.05) is 271 Å². The van der Waals surface area contributed by atoms with Crippen molar-refractivity contribution in [3.63, 3.8) is 0 Å². The predicted octanol–water partition coefficient (Wildman–Crippen LogP) is 18.3. The third-order valence-corrected chi connectivity index (χ3v) is 12.0. The first-order valence-corrected chi connectivity index (χ1v) is 27.6. The van der Waals surface area contributed by atoms with E-state index in [0.717, 1.165) is 77.0 Å². The van der Waals surface area contributed by atoms with Gasteiger partial charge in [0.15, 0.2) is 0 Å².